The third kappa shape index (κ3) is 3.67. The van der Waals surface area contributed by atoms with Crippen LogP contribution < -0.4 is 4.72 Å². The van der Waals surface area contributed by atoms with Crippen LogP contribution in [0.1, 0.15) is 18.1 Å². The number of halogens is 1. The second kappa shape index (κ2) is 5.35. The normalized spacial score (nSPS) is 13.7. The third-order valence-corrected chi connectivity index (χ3v) is 4.29. The summed E-state index contributed by atoms with van der Waals surface area (Å²) in [7, 11) is -3.59. The lowest BCUT2D eigenvalue weighted by Gasteiger charge is -2.12. The number of rotatable bonds is 4. The maximum atomic E-state index is 12.0. The molecule has 0 amide bonds. The first-order valence-electron chi connectivity index (χ1n) is 5.18. The first-order valence-corrected chi connectivity index (χ1v) is 7.04. The molecule has 1 aromatic rings. The van der Waals surface area contributed by atoms with Crippen molar-refractivity contribution in [1.29, 1.82) is 0 Å². The quantitative estimate of drug-likeness (QED) is 0.879. The first-order chi connectivity index (χ1) is 7.74. The van der Waals surface area contributed by atoms with Crippen molar-refractivity contribution >= 4 is 21.6 Å². The molecule has 17 heavy (non-hydrogen) atoms. The number of sulfonamides is 1. The molecule has 0 aliphatic heterocycles. The van der Waals surface area contributed by atoms with Crippen molar-refractivity contribution in [2.45, 2.75) is 31.8 Å². The van der Waals surface area contributed by atoms with Gasteiger partial charge in [-0.05, 0) is 44.0 Å². The van der Waals surface area contributed by atoms with E-state index in [2.05, 4.69) is 4.72 Å². The van der Waals surface area contributed by atoms with Gasteiger partial charge in [0.15, 0.2) is 0 Å². The van der Waals surface area contributed by atoms with Gasteiger partial charge >= 0.3 is 0 Å². The van der Waals surface area contributed by atoms with E-state index in [0.29, 0.717) is 16.1 Å². The van der Waals surface area contributed by atoms with Crippen LogP contribution >= 0.6 is 11.6 Å². The average Bonchev–Trinajstić information content (AvgIpc) is 2.20. The Balaban J connectivity index is 3.11. The Morgan fingerprint density at radius 2 is 1.94 bits per heavy atom. The minimum atomic E-state index is -3.59. The zero-order valence-corrected chi connectivity index (χ0v) is 11.6. The van der Waals surface area contributed by atoms with Crippen LogP contribution in [0.15, 0.2) is 17.0 Å². The summed E-state index contributed by atoms with van der Waals surface area (Å²) in [6, 6.07) is 3.15. The highest BCUT2D eigenvalue weighted by atomic mass is 35.5. The average molecular weight is 278 g/mol. The highest BCUT2D eigenvalue weighted by molar-refractivity contribution is 7.89. The molecular weight excluding hydrogens is 262 g/mol. The van der Waals surface area contributed by atoms with E-state index in [1.807, 2.05) is 0 Å². The molecule has 0 saturated heterocycles. The summed E-state index contributed by atoms with van der Waals surface area (Å²) in [6.45, 7) is 4.93. The Morgan fingerprint density at radius 1 is 1.35 bits per heavy atom. The van der Waals surface area contributed by atoms with E-state index in [1.54, 1.807) is 19.9 Å². The summed E-state index contributed by atoms with van der Waals surface area (Å²) in [5, 5.41) is 9.62. The minimum Gasteiger partial charge on any atom is -0.392 e. The van der Waals surface area contributed by atoms with E-state index in [-0.39, 0.29) is 11.4 Å². The van der Waals surface area contributed by atoms with Crippen LogP contribution in [0.25, 0.3) is 0 Å². The second-order valence-electron chi connectivity index (χ2n) is 4.07. The molecule has 0 aliphatic rings. The topological polar surface area (TPSA) is 66.4 Å². The number of aryl methyl sites for hydroxylation is 2. The fourth-order valence-electron chi connectivity index (χ4n) is 1.35. The molecule has 1 atom stereocenters. The number of nitrogens with one attached hydrogen (secondary N) is 1. The highest BCUT2D eigenvalue weighted by Crippen LogP contribution is 2.23. The lowest BCUT2D eigenvalue weighted by molar-refractivity contribution is 0.198. The van der Waals surface area contributed by atoms with E-state index < -0.39 is 16.1 Å². The molecule has 0 aromatic heterocycles. The number of benzene rings is 1. The summed E-state index contributed by atoms with van der Waals surface area (Å²) in [5.74, 6) is 0. The van der Waals surface area contributed by atoms with Gasteiger partial charge in [-0.25, -0.2) is 13.1 Å². The molecule has 1 rings (SSSR count). The molecule has 6 heteroatoms. The van der Waals surface area contributed by atoms with Gasteiger partial charge in [-0.3, -0.25) is 0 Å². The SMILES string of the molecule is Cc1cc(S(=O)(=O)NC[C@@H](C)O)c(C)cc1Cl. The molecule has 0 bridgehead atoms. The van der Waals surface area contributed by atoms with E-state index in [0.717, 1.165) is 0 Å². The fourth-order valence-corrected chi connectivity index (χ4v) is 3.00. The molecule has 0 aliphatic carbocycles. The van der Waals surface area contributed by atoms with Crippen molar-refractivity contribution in [1.82, 2.24) is 4.72 Å². The van der Waals surface area contributed by atoms with E-state index in [1.165, 1.54) is 13.0 Å². The van der Waals surface area contributed by atoms with Gasteiger partial charge in [0.1, 0.15) is 0 Å². The monoisotopic (exact) mass is 277 g/mol. The fraction of sp³-hybridized carbons (Fsp3) is 0.455. The van der Waals surface area contributed by atoms with E-state index >= 15 is 0 Å². The minimum absolute atomic E-state index is 0.0105. The lowest BCUT2D eigenvalue weighted by Crippen LogP contribution is -2.31. The van der Waals surface area contributed by atoms with Crippen LogP contribution in [0, 0.1) is 13.8 Å². The zero-order chi connectivity index (χ0) is 13.2. The molecule has 0 unspecified atom stereocenters. The van der Waals surface area contributed by atoms with Gasteiger partial charge in [-0.15, -0.1) is 0 Å². The maximum Gasteiger partial charge on any atom is 0.240 e. The lowest BCUT2D eigenvalue weighted by atomic mass is 10.2. The van der Waals surface area contributed by atoms with Gasteiger partial charge in [0.25, 0.3) is 0 Å². The van der Waals surface area contributed by atoms with Crippen LogP contribution in [-0.2, 0) is 10.0 Å². The number of hydrogen-bond donors (Lipinski definition) is 2. The Kier molecular flexibility index (Phi) is 4.55. The summed E-state index contributed by atoms with van der Waals surface area (Å²) >= 11 is 5.91. The van der Waals surface area contributed by atoms with Gasteiger partial charge in [-0.1, -0.05) is 11.6 Å². The Bertz CT molecular complexity index is 512. The summed E-state index contributed by atoms with van der Waals surface area (Å²) in [5.41, 5.74) is 1.29. The molecular formula is C11H16ClNO3S. The predicted molar refractivity (Wildman–Crippen MR) is 67.8 cm³/mol. The third-order valence-electron chi connectivity index (χ3n) is 2.31. The van der Waals surface area contributed by atoms with Crippen LogP contribution in [0.4, 0.5) is 0 Å². The Labute approximate surface area is 107 Å². The Morgan fingerprint density at radius 3 is 2.47 bits per heavy atom. The van der Waals surface area contributed by atoms with Crippen molar-refractivity contribution < 1.29 is 13.5 Å². The molecule has 0 radical (unpaired) electrons. The zero-order valence-electron chi connectivity index (χ0n) is 9.99. The number of aliphatic hydroxyl groups is 1. The molecule has 0 saturated carbocycles. The standard InChI is InChI=1S/C11H16ClNO3S/c1-7-5-11(8(2)4-10(7)12)17(15,16)13-6-9(3)14/h4-5,9,13-14H,6H2,1-3H3/t9-/m1/s1. The van der Waals surface area contributed by atoms with Gasteiger partial charge in [0.2, 0.25) is 10.0 Å². The summed E-state index contributed by atoms with van der Waals surface area (Å²) in [6.07, 6.45) is -0.724. The predicted octanol–water partition coefficient (Wildman–Crippen LogP) is 1.62. The molecule has 96 valence electrons. The molecule has 0 spiro atoms. The molecule has 0 heterocycles. The van der Waals surface area contributed by atoms with Crippen LogP contribution in [0.5, 0.6) is 0 Å². The maximum absolute atomic E-state index is 12.0. The van der Waals surface area contributed by atoms with Crippen LogP contribution in [-0.4, -0.2) is 26.2 Å². The van der Waals surface area contributed by atoms with Crippen LogP contribution in [0.3, 0.4) is 0 Å². The first kappa shape index (κ1) is 14.4. The summed E-state index contributed by atoms with van der Waals surface area (Å²) in [4.78, 5) is 0.194. The molecule has 2 N–H and O–H groups in total. The van der Waals surface area contributed by atoms with E-state index in [9.17, 15) is 8.42 Å². The number of aliphatic hydroxyl groups excluding tert-OH is 1. The largest absolute Gasteiger partial charge is 0.392 e. The molecule has 4 nitrogen and oxygen atoms in total. The van der Waals surface area contributed by atoms with Gasteiger partial charge in [0.05, 0.1) is 11.0 Å². The number of hydrogen-bond acceptors (Lipinski definition) is 3. The highest BCUT2D eigenvalue weighted by Gasteiger charge is 2.18. The van der Waals surface area contributed by atoms with E-state index in [4.69, 9.17) is 16.7 Å². The van der Waals surface area contributed by atoms with Crippen molar-refractivity contribution in [3.63, 3.8) is 0 Å². The second-order valence-corrected chi connectivity index (χ2v) is 6.21. The smallest absolute Gasteiger partial charge is 0.240 e. The Hall–Kier alpha value is -0.620. The van der Waals surface area contributed by atoms with Gasteiger partial charge < -0.3 is 5.11 Å². The van der Waals surface area contributed by atoms with Gasteiger partial charge in [-0.2, -0.15) is 0 Å². The van der Waals surface area contributed by atoms with Crippen LogP contribution in [0.2, 0.25) is 5.02 Å². The van der Waals surface area contributed by atoms with Crippen molar-refractivity contribution in [3.05, 3.63) is 28.3 Å². The van der Waals surface area contributed by atoms with Crippen molar-refractivity contribution in [3.8, 4) is 0 Å². The van der Waals surface area contributed by atoms with Gasteiger partial charge in [0, 0.05) is 11.6 Å². The molecule has 1 aromatic carbocycles. The van der Waals surface area contributed by atoms with Crippen molar-refractivity contribution in [2.24, 2.45) is 0 Å². The molecule has 0 fully saturated rings. The van der Waals surface area contributed by atoms with Crippen molar-refractivity contribution in [2.75, 3.05) is 6.54 Å². The summed E-state index contributed by atoms with van der Waals surface area (Å²) < 4.78 is 26.3.